The Kier molecular flexibility index (Phi) is 3.03. The van der Waals surface area contributed by atoms with Gasteiger partial charge in [-0.15, -0.1) is 11.3 Å². The molecule has 1 aromatic heterocycles. The molecule has 0 aliphatic rings. The van der Waals surface area contributed by atoms with Gasteiger partial charge in [-0.3, -0.25) is 4.72 Å². The molecule has 1 aromatic carbocycles. The van der Waals surface area contributed by atoms with Gasteiger partial charge in [-0.2, -0.15) is 0 Å². The summed E-state index contributed by atoms with van der Waals surface area (Å²) in [5.41, 5.74) is 7.88. The standard InChI is InChI=1S/C10H11N3O2S2/c1-17(14,15)13-10-12-9(6-16-10)7-3-2-4-8(11)5-7/h2-6H,11H2,1H3,(H,12,13). The normalized spacial score (nSPS) is 11.4. The van der Waals surface area contributed by atoms with Gasteiger partial charge in [0.2, 0.25) is 10.0 Å². The van der Waals surface area contributed by atoms with E-state index in [1.54, 1.807) is 17.5 Å². The molecule has 3 N–H and O–H groups in total. The maximum absolute atomic E-state index is 11.0. The van der Waals surface area contributed by atoms with Crippen LogP contribution in [0.5, 0.6) is 0 Å². The Morgan fingerprint density at radius 3 is 2.82 bits per heavy atom. The predicted molar refractivity (Wildman–Crippen MR) is 70.4 cm³/mol. The van der Waals surface area contributed by atoms with Crippen molar-refractivity contribution in [2.24, 2.45) is 0 Å². The van der Waals surface area contributed by atoms with E-state index in [1.165, 1.54) is 11.3 Å². The molecular formula is C10H11N3O2S2. The first kappa shape index (κ1) is 11.9. The molecule has 5 nitrogen and oxygen atoms in total. The molecule has 90 valence electrons. The minimum absolute atomic E-state index is 0.352. The summed E-state index contributed by atoms with van der Waals surface area (Å²) in [6.45, 7) is 0. The molecule has 0 fully saturated rings. The highest BCUT2D eigenvalue weighted by molar-refractivity contribution is 7.92. The van der Waals surface area contributed by atoms with Gasteiger partial charge < -0.3 is 5.73 Å². The maximum Gasteiger partial charge on any atom is 0.231 e. The van der Waals surface area contributed by atoms with Crippen LogP contribution in [0.2, 0.25) is 0 Å². The first-order chi connectivity index (χ1) is 7.94. The van der Waals surface area contributed by atoms with Crippen LogP contribution in [0.15, 0.2) is 29.6 Å². The predicted octanol–water partition coefficient (Wildman–Crippen LogP) is 1.76. The van der Waals surface area contributed by atoms with Gasteiger partial charge in [-0.1, -0.05) is 12.1 Å². The highest BCUT2D eigenvalue weighted by Crippen LogP contribution is 2.26. The summed E-state index contributed by atoms with van der Waals surface area (Å²) >= 11 is 1.23. The minimum Gasteiger partial charge on any atom is -0.399 e. The zero-order valence-corrected chi connectivity index (χ0v) is 10.7. The van der Waals surface area contributed by atoms with Crippen LogP contribution in [0.1, 0.15) is 0 Å². The minimum atomic E-state index is -3.28. The summed E-state index contributed by atoms with van der Waals surface area (Å²) in [5, 5.41) is 2.13. The second-order valence-electron chi connectivity index (χ2n) is 3.54. The lowest BCUT2D eigenvalue weighted by Gasteiger charge is -1.99. The van der Waals surface area contributed by atoms with Crippen LogP contribution in [0, 0.1) is 0 Å². The molecule has 0 saturated heterocycles. The van der Waals surface area contributed by atoms with Crippen LogP contribution in [0.25, 0.3) is 11.3 Å². The summed E-state index contributed by atoms with van der Waals surface area (Å²) in [4.78, 5) is 4.18. The molecule has 0 bridgehead atoms. The molecule has 7 heteroatoms. The molecule has 0 spiro atoms. The molecule has 0 unspecified atom stereocenters. The van der Waals surface area contributed by atoms with Crippen molar-refractivity contribution in [1.29, 1.82) is 0 Å². The van der Waals surface area contributed by atoms with E-state index in [0.29, 0.717) is 16.5 Å². The highest BCUT2D eigenvalue weighted by atomic mass is 32.2. The van der Waals surface area contributed by atoms with Crippen molar-refractivity contribution < 1.29 is 8.42 Å². The second kappa shape index (κ2) is 4.34. The Morgan fingerprint density at radius 2 is 2.18 bits per heavy atom. The summed E-state index contributed by atoms with van der Waals surface area (Å²) < 4.78 is 24.4. The molecular weight excluding hydrogens is 258 g/mol. The number of hydrogen-bond donors (Lipinski definition) is 2. The Labute approximate surface area is 103 Å². The topological polar surface area (TPSA) is 85.1 Å². The van der Waals surface area contributed by atoms with Gasteiger partial charge in [0.05, 0.1) is 11.9 Å². The van der Waals surface area contributed by atoms with Crippen molar-refractivity contribution >= 4 is 32.2 Å². The number of nitrogens with one attached hydrogen (secondary N) is 1. The van der Waals surface area contributed by atoms with E-state index >= 15 is 0 Å². The largest absolute Gasteiger partial charge is 0.399 e. The van der Waals surface area contributed by atoms with E-state index < -0.39 is 10.0 Å². The lowest BCUT2D eigenvalue weighted by Crippen LogP contribution is -2.09. The number of sulfonamides is 1. The number of nitrogens with two attached hydrogens (primary N) is 1. The van der Waals surface area contributed by atoms with Crippen molar-refractivity contribution in [2.45, 2.75) is 0 Å². The van der Waals surface area contributed by atoms with Crippen LogP contribution in [-0.4, -0.2) is 19.7 Å². The van der Waals surface area contributed by atoms with Gasteiger partial charge in [-0.05, 0) is 12.1 Å². The van der Waals surface area contributed by atoms with E-state index in [-0.39, 0.29) is 0 Å². The number of aromatic nitrogens is 1. The third-order valence-corrected chi connectivity index (χ3v) is 3.41. The van der Waals surface area contributed by atoms with E-state index in [4.69, 9.17) is 5.73 Å². The lowest BCUT2D eigenvalue weighted by atomic mass is 10.1. The van der Waals surface area contributed by atoms with Gasteiger partial charge in [0, 0.05) is 16.6 Å². The zero-order valence-electron chi connectivity index (χ0n) is 9.04. The molecule has 0 aliphatic carbocycles. The summed E-state index contributed by atoms with van der Waals surface area (Å²) in [6.07, 6.45) is 1.09. The van der Waals surface area contributed by atoms with E-state index in [1.807, 2.05) is 12.1 Å². The lowest BCUT2D eigenvalue weighted by molar-refractivity contribution is 0.607. The molecule has 17 heavy (non-hydrogen) atoms. The Morgan fingerprint density at radius 1 is 1.41 bits per heavy atom. The monoisotopic (exact) mass is 269 g/mol. The van der Waals surface area contributed by atoms with Gasteiger partial charge in [0.25, 0.3) is 0 Å². The molecule has 2 aromatic rings. The van der Waals surface area contributed by atoms with Gasteiger partial charge in [-0.25, -0.2) is 13.4 Å². The van der Waals surface area contributed by atoms with E-state index in [2.05, 4.69) is 9.71 Å². The number of nitrogen functional groups attached to an aromatic ring is 1. The average Bonchev–Trinajstić information content (AvgIpc) is 2.63. The molecule has 0 saturated carbocycles. The first-order valence-electron chi connectivity index (χ1n) is 4.73. The number of benzene rings is 1. The van der Waals surface area contributed by atoms with Crippen molar-refractivity contribution in [3.05, 3.63) is 29.6 Å². The molecule has 0 atom stereocenters. The van der Waals surface area contributed by atoms with Gasteiger partial charge in [0.15, 0.2) is 5.13 Å². The number of thiazole rings is 1. The fourth-order valence-corrected chi connectivity index (χ4v) is 2.88. The van der Waals surface area contributed by atoms with Crippen molar-refractivity contribution in [3.8, 4) is 11.3 Å². The van der Waals surface area contributed by atoms with Crippen LogP contribution in [0.3, 0.4) is 0 Å². The molecule has 2 rings (SSSR count). The Bertz CT molecular complexity index is 635. The van der Waals surface area contributed by atoms with Crippen molar-refractivity contribution in [2.75, 3.05) is 16.7 Å². The van der Waals surface area contributed by atoms with E-state index in [0.717, 1.165) is 11.8 Å². The van der Waals surface area contributed by atoms with Gasteiger partial charge >= 0.3 is 0 Å². The Hall–Kier alpha value is -1.60. The number of nitrogens with zero attached hydrogens (tertiary/aromatic N) is 1. The molecule has 0 radical (unpaired) electrons. The summed E-state index contributed by atoms with van der Waals surface area (Å²) in [7, 11) is -3.28. The second-order valence-corrected chi connectivity index (χ2v) is 6.14. The number of anilines is 2. The average molecular weight is 269 g/mol. The van der Waals surface area contributed by atoms with E-state index in [9.17, 15) is 8.42 Å². The smallest absolute Gasteiger partial charge is 0.231 e. The van der Waals surface area contributed by atoms with Crippen LogP contribution >= 0.6 is 11.3 Å². The third kappa shape index (κ3) is 3.18. The third-order valence-electron chi connectivity index (χ3n) is 1.96. The molecule has 0 aliphatic heterocycles. The first-order valence-corrected chi connectivity index (χ1v) is 7.50. The maximum atomic E-state index is 11.0. The number of hydrogen-bond acceptors (Lipinski definition) is 5. The van der Waals surface area contributed by atoms with Crippen LogP contribution in [0.4, 0.5) is 10.8 Å². The SMILES string of the molecule is CS(=O)(=O)Nc1nc(-c2cccc(N)c2)cs1. The van der Waals surface area contributed by atoms with Crippen LogP contribution < -0.4 is 10.5 Å². The molecule has 0 amide bonds. The Balaban J connectivity index is 2.30. The van der Waals surface area contributed by atoms with Crippen molar-refractivity contribution in [1.82, 2.24) is 4.98 Å². The zero-order chi connectivity index (χ0) is 12.5. The fraction of sp³-hybridized carbons (Fsp3) is 0.100. The summed E-state index contributed by atoms with van der Waals surface area (Å²) in [5.74, 6) is 0. The quantitative estimate of drug-likeness (QED) is 0.831. The van der Waals surface area contributed by atoms with Gasteiger partial charge in [0.1, 0.15) is 0 Å². The summed E-state index contributed by atoms with van der Waals surface area (Å²) in [6, 6.07) is 7.27. The van der Waals surface area contributed by atoms with Crippen LogP contribution in [-0.2, 0) is 10.0 Å². The van der Waals surface area contributed by atoms with Crippen molar-refractivity contribution in [3.63, 3.8) is 0 Å². The molecule has 1 heterocycles. The number of rotatable bonds is 3. The highest BCUT2D eigenvalue weighted by Gasteiger charge is 2.08. The fourth-order valence-electron chi connectivity index (χ4n) is 1.31.